The molecule has 0 radical (unpaired) electrons. The molecule has 3 aliphatic rings. The second-order valence-electron chi connectivity index (χ2n) is 11.5. The molecule has 4 N–H and O–H groups in total. The van der Waals surface area contributed by atoms with E-state index >= 15 is 0 Å². The molecule has 0 saturated heterocycles. The van der Waals surface area contributed by atoms with E-state index < -0.39 is 45.2 Å². The van der Waals surface area contributed by atoms with Gasteiger partial charge in [-0.15, -0.1) is 0 Å². The Morgan fingerprint density at radius 1 is 0.800 bits per heavy atom. The Kier molecular flexibility index (Phi) is 4.56. The van der Waals surface area contributed by atoms with Crippen molar-refractivity contribution in [1.82, 2.24) is 0 Å². The Balaban J connectivity index is 2.01. The van der Waals surface area contributed by atoms with Crippen LogP contribution in [0, 0.1) is 0 Å². The van der Waals surface area contributed by atoms with E-state index in [1.54, 1.807) is 13.8 Å². The van der Waals surface area contributed by atoms with Crippen LogP contribution < -0.4 is 30.3 Å². The van der Waals surface area contributed by atoms with Crippen molar-refractivity contribution in [2.24, 2.45) is 0 Å². The number of methoxy groups -OCH3 is 4. The number of rotatable bonds is 4. The van der Waals surface area contributed by atoms with Gasteiger partial charge < -0.3 is 39.4 Å². The summed E-state index contributed by atoms with van der Waals surface area (Å²) in [5, 5.41) is 49.5. The summed E-state index contributed by atoms with van der Waals surface area (Å²) in [4.78, 5) is 27.2. The van der Waals surface area contributed by atoms with Gasteiger partial charge in [0.15, 0.2) is 22.4 Å². The number of ether oxygens (including phenoxy) is 4. The minimum atomic E-state index is -1.79. The fourth-order valence-corrected chi connectivity index (χ4v) is 8.69. The van der Waals surface area contributed by atoms with Crippen LogP contribution in [0.15, 0.2) is 21.7 Å². The van der Waals surface area contributed by atoms with Crippen LogP contribution >= 0.6 is 0 Å². The normalized spacial score (nSPS) is 30.1. The highest BCUT2D eigenvalue weighted by molar-refractivity contribution is 6.30. The molecule has 7 rings (SSSR count). The van der Waals surface area contributed by atoms with Crippen molar-refractivity contribution in [2.75, 3.05) is 28.4 Å². The second kappa shape index (κ2) is 7.25. The number of aliphatic hydroxyl groups is 3. The van der Waals surface area contributed by atoms with E-state index in [0.29, 0.717) is 38.1 Å². The quantitative estimate of drug-likeness (QED) is 0.219. The summed E-state index contributed by atoms with van der Waals surface area (Å²) in [5.74, 6) is -1.60. The van der Waals surface area contributed by atoms with Gasteiger partial charge in [0.05, 0.1) is 48.6 Å². The first kappa shape index (κ1) is 25.1. The first-order valence-electron chi connectivity index (χ1n) is 12.8. The number of hydrogen-bond donors (Lipinski definition) is 4. The largest absolute Gasteiger partial charge is 0.509 e. The number of hydrogen-bond acceptors (Lipinski definition) is 10. The number of aromatic hydroxyl groups is 1. The van der Waals surface area contributed by atoms with Gasteiger partial charge in [0.1, 0.15) is 23.4 Å². The molecular weight excluding hydrogens is 520 g/mol. The van der Waals surface area contributed by atoms with Gasteiger partial charge in [0.2, 0.25) is 0 Å². The molecule has 4 aromatic rings. The van der Waals surface area contributed by atoms with Gasteiger partial charge in [-0.25, -0.2) is 0 Å². The van der Waals surface area contributed by atoms with Crippen molar-refractivity contribution < 1.29 is 39.4 Å². The van der Waals surface area contributed by atoms with Gasteiger partial charge in [-0.2, -0.15) is 0 Å². The predicted octanol–water partition coefficient (Wildman–Crippen LogP) is 1.69. The molecule has 10 nitrogen and oxygen atoms in total. The molecule has 0 aromatic heterocycles. The highest BCUT2D eigenvalue weighted by Gasteiger charge is 2.74. The van der Waals surface area contributed by atoms with Gasteiger partial charge in [-0.05, 0) is 31.2 Å². The van der Waals surface area contributed by atoms with Crippen molar-refractivity contribution in [2.45, 2.75) is 48.9 Å². The van der Waals surface area contributed by atoms with Crippen LogP contribution in [0.2, 0.25) is 0 Å². The SMILES string of the molecule is COc1c2c3c4c5c(c(=O)cc(OC)c5c5c(OC)cc(=O)c(c1O)c35)=C(O)[C@@H](OC)[C@@]41C[C@](C)(O)[C@@H]2[C@@]1(C)O. The van der Waals surface area contributed by atoms with Crippen molar-refractivity contribution in [3.8, 4) is 23.0 Å². The number of phenolic OH excluding ortho intramolecular Hbond substituents is 1. The first-order valence-corrected chi connectivity index (χ1v) is 12.8. The predicted molar refractivity (Wildman–Crippen MR) is 146 cm³/mol. The van der Waals surface area contributed by atoms with Crippen molar-refractivity contribution in [3.63, 3.8) is 0 Å². The molecule has 0 amide bonds. The highest BCUT2D eigenvalue weighted by atomic mass is 16.5. The van der Waals surface area contributed by atoms with E-state index in [0.717, 1.165) is 0 Å². The van der Waals surface area contributed by atoms with Crippen LogP contribution in [-0.2, 0) is 10.2 Å². The van der Waals surface area contributed by atoms with Crippen LogP contribution in [0.25, 0.3) is 38.1 Å². The highest BCUT2D eigenvalue weighted by Crippen LogP contribution is 2.71. The van der Waals surface area contributed by atoms with Crippen LogP contribution in [-0.4, -0.2) is 66.2 Å². The fraction of sp³-hybridized carbons (Fsp3) is 0.400. The van der Waals surface area contributed by atoms with Gasteiger partial charge >= 0.3 is 0 Å². The summed E-state index contributed by atoms with van der Waals surface area (Å²) in [6.07, 6.45) is -1.30. The average molecular weight is 549 g/mol. The van der Waals surface area contributed by atoms with Gasteiger partial charge in [0, 0.05) is 52.3 Å². The maximum Gasteiger partial charge on any atom is 0.194 e. The molecule has 5 atom stereocenters. The summed E-state index contributed by atoms with van der Waals surface area (Å²) in [6.45, 7) is 3.13. The van der Waals surface area contributed by atoms with Crippen molar-refractivity contribution in [3.05, 3.63) is 48.9 Å². The maximum absolute atomic E-state index is 13.6. The van der Waals surface area contributed by atoms with Crippen LogP contribution in [0.3, 0.4) is 0 Å². The molecule has 10 heteroatoms. The van der Waals surface area contributed by atoms with Crippen LogP contribution in [0.4, 0.5) is 0 Å². The molecule has 3 aliphatic carbocycles. The molecule has 0 aliphatic heterocycles. The lowest BCUT2D eigenvalue weighted by atomic mass is 9.55. The maximum atomic E-state index is 13.6. The van der Waals surface area contributed by atoms with Gasteiger partial charge in [0.25, 0.3) is 0 Å². The minimum Gasteiger partial charge on any atom is -0.509 e. The monoisotopic (exact) mass is 548 g/mol. The number of phenols is 1. The van der Waals surface area contributed by atoms with E-state index in [1.807, 2.05) is 0 Å². The molecule has 2 bridgehead atoms. The average Bonchev–Trinajstić information content (AvgIpc) is 2.97. The Bertz CT molecular complexity index is 2010. The van der Waals surface area contributed by atoms with Crippen LogP contribution in [0.1, 0.15) is 37.3 Å². The molecule has 40 heavy (non-hydrogen) atoms. The number of aliphatic hydroxyl groups excluding tert-OH is 1. The Hall–Kier alpha value is -3.86. The number of fused-ring (bicyclic) bond motifs is 3. The fourth-order valence-electron chi connectivity index (χ4n) is 8.69. The first-order chi connectivity index (χ1) is 18.8. The lowest BCUT2D eigenvalue weighted by Gasteiger charge is -2.52. The molecule has 1 spiro atoms. The van der Waals surface area contributed by atoms with E-state index in [4.69, 9.17) is 18.9 Å². The molecule has 0 heterocycles. The Labute approximate surface area is 226 Å². The molecule has 0 unspecified atom stereocenters. The standard InChI is InChI=1S/C30H28O10/c1-28(35)9-30-22-19-15(24(34)27(30)40-6)11(32)8-13(38-4)17(19)16-12(37-3)7-10(31)14-18(16)20(22)21(25(39-5)23(14)33)26(28)29(30,2)36/h7-8,26-27,33-36H,9H2,1-6H3/t26-,27-,28+,29-,30-/m1/s1. The minimum absolute atomic E-state index is 0.0332. The summed E-state index contributed by atoms with van der Waals surface area (Å²) in [5.41, 5.74) is -5.24. The van der Waals surface area contributed by atoms with E-state index in [1.165, 1.54) is 40.6 Å². The zero-order valence-electron chi connectivity index (χ0n) is 22.8. The Morgan fingerprint density at radius 2 is 1.40 bits per heavy atom. The molecular formula is C30H28O10. The van der Waals surface area contributed by atoms with Crippen molar-refractivity contribution >= 4 is 38.1 Å². The van der Waals surface area contributed by atoms with E-state index in [9.17, 15) is 30.0 Å². The summed E-state index contributed by atoms with van der Waals surface area (Å²) in [6, 6.07) is 2.49. The summed E-state index contributed by atoms with van der Waals surface area (Å²) >= 11 is 0. The van der Waals surface area contributed by atoms with E-state index in [-0.39, 0.29) is 40.0 Å². The summed E-state index contributed by atoms with van der Waals surface area (Å²) in [7, 11) is 5.50. The molecule has 1 fully saturated rings. The van der Waals surface area contributed by atoms with Gasteiger partial charge in [-0.3, -0.25) is 9.59 Å². The zero-order chi connectivity index (χ0) is 28.8. The third-order valence-corrected chi connectivity index (χ3v) is 9.77. The van der Waals surface area contributed by atoms with Crippen molar-refractivity contribution in [1.29, 1.82) is 0 Å². The van der Waals surface area contributed by atoms with Gasteiger partial charge in [-0.1, -0.05) is 0 Å². The third-order valence-electron chi connectivity index (χ3n) is 9.77. The third kappa shape index (κ3) is 2.32. The molecule has 4 aromatic carbocycles. The smallest absolute Gasteiger partial charge is 0.194 e. The van der Waals surface area contributed by atoms with E-state index in [2.05, 4.69) is 0 Å². The second-order valence-corrected chi connectivity index (χ2v) is 11.5. The molecule has 208 valence electrons. The van der Waals surface area contributed by atoms with Crippen LogP contribution in [0.5, 0.6) is 23.0 Å². The summed E-state index contributed by atoms with van der Waals surface area (Å²) < 4.78 is 22.9. The number of benzene rings is 4. The topological polar surface area (TPSA) is 152 Å². The molecule has 1 saturated carbocycles. The lowest BCUT2D eigenvalue weighted by molar-refractivity contribution is -0.0800. The Morgan fingerprint density at radius 3 is 1.98 bits per heavy atom. The lowest BCUT2D eigenvalue weighted by Crippen LogP contribution is -2.61. The zero-order valence-corrected chi connectivity index (χ0v) is 22.8.